The molecule has 5 heteroatoms. The highest BCUT2D eigenvalue weighted by Crippen LogP contribution is 2.23. The number of hydrogen-bond acceptors (Lipinski definition) is 5. The second-order valence-electron chi connectivity index (χ2n) is 5.82. The van der Waals surface area contributed by atoms with Gasteiger partial charge in [-0.1, -0.05) is 48.0 Å². The summed E-state index contributed by atoms with van der Waals surface area (Å²) in [7, 11) is 0. The fraction of sp³-hybridized carbons (Fsp3) is 0.200. The molecule has 3 N–H and O–H groups in total. The van der Waals surface area contributed by atoms with E-state index in [0.717, 1.165) is 22.8 Å². The molecule has 0 aliphatic heterocycles. The van der Waals surface area contributed by atoms with Gasteiger partial charge in [0.1, 0.15) is 5.82 Å². The maximum absolute atomic E-state index is 8.96. The van der Waals surface area contributed by atoms with Crippen LogP contribution in [0.3, 0.4) is 0 Å². The number of aliphatic hydroxyl groups excluding tert-OH is 1. The van der Waals surface area contributed by atoms with Crippen molar-refractivity contribution >= 4 is 17.5 Å². The Morgan fingerprint density at radius 1 is 0.960 bits per heavy atom. The Kier molecular flexibility index (Phi) is 5.59. The van der Waals surface area contributed by atoms with Crippen LogP contribution in [0.2, 0.25) is 0 Å². The predicted molar refractivity (Wildman–Crippen MR) is 102 cm³/mol. The molecule has 128 valence electrons. The van der Waals surface area contributed by atoms with Crippen LogP contribution >= 0.6 is 0 Å². The number of benzene rings is 2. The molecule has 0 fully saturated rings. The lowest BCUT2D eigenvalue weighted by Gasteiger charge is -2.11. The van der Waals surface area contributed by atoms with Gasteiger partial charge in [0.2, 0.25) is 5.95 Å². The van der Waals surface area contributed by atoms with E-state index < -0.39 is 0 Å². The molecule has 0 spiro atoms. The number of nitrogens with zero attached hydrogens (tertiary/aromatic N) is 2. The standard InChI is InChI=1S/C20H22N4O/c1-15-8-10-17(11-9-15)22-19-14-18(16-6-3-2-4-7-16)23-20(24-19)21-12-5-13-25/h2-4,6-11,14,25H,5,12-13H2,1H3,(H2,21,22,23,24). The lowest BCUT2D eigenvalue weighted by atomic mass is 10.1. The van der Waals surface area contributed by atoms with Gasteiger partial charge in [0.05, 0.1) is 5.69 Å². The highest BCUT2D eigenvalue weighted by atomic mass is 16.3. The van der Waals surface area contributed by atoms with Crippen molar-refractivity contribution in [3.63, 3.8) is 0 Å². The van der Waals surface area contributed by atoms with Crippen molar-refractivity contribution in [3.05, 3.63) is 66.2 Å². The molecular weight excluding hydrogens is 312 g/mol. The van der Waals surface area contributed by atoms with Crippen molar-refractivity contribution in [2.24, 2.45) is 0 Å². The summed E-state index contributed by atoms with van der Waals surface area (Å²) in [5, 5.41) is 15.5. The molecule has 0 aliphatic carbocycles. The number of hydrogen-bond donors (Lipinski definition) is 3. The summed E-state index contributed by atoms with van der Waals surface area (Å²) < 4.78 is 0. The molecule has 0 unspecified atom stereocenters. The average molecular weight is 334 g/mol. The highest BCUT2D eigenvalue weighted by molar-refractivity contribution is 5.67. The number of aliphatic hydroxyl groups is 1. The first-order valence-corrected chi connectivity index (χ1v) is 8.37. The van der Waals surface area contributed by atoms with E-state index in [-0.39, 0.29) is 6.61 Å². The number of anilines is 3. The molecule has 0 saturated carbocycles. The predicted octanol–water partition coefficient (Wildman–Crippen LogP) is 3.99. The monoisotopic (exact) mass is 334 g/mol. The minimum Gasteiger partial charge on any atom is -0.396 e. The van der Waals surface area contributed by atoms with E-state index in [1.165, 1.54) is 5.56 Å². The summed E-state index contributed by atoms with van der Waals surface area (Å²) in [5.74, 6) is 1.27. The molecule has 0 radical (unpaired) electrons. The van der Waals surface area contributed by atoms with Gasteiger partial charge in [-0.2, -0.15) is 4.98 Å². The molecule has 0 atom stereocenters. The van der Waals surface area contributed by atoms with Crippen LogP contribution in [0.25, 0.3) is 11.3 Å². The number of rotatable bonds is 7. The molecule has 1 aromatic heterocycles. The maximum Gasteiger partial charge on any atom is 0.225 e. The molecule has 0 saturated heterocycles. The summed E-state index contributed by atoms with van der Waals surface area (Å²) in [4.78, 5) is 9.12. The van der Waals surface area contributed by atoms with Crippen LogP contribution in [0.5, 0.6) is 0 Å². The number of aromatic nitrogens is 2. The van der Waals surface area contributed by atoms with E-state index in [4.69, 9.17) is 5.11 Å². The van der Waals surface area contributed by atoms with E-state index in [0.29, 0.717) is 18.9 Å². The SMILES string of the molecule is Cc1ccc(Nc2cc(-c3ccccc3)nc(NCCCO)n2)cc1. The summed E-state index contributed by atoms with van der Waals surface area (Å²) in [6.07, 6.45) is 0.652. The average Bonchev–Trinajstić information content (AvgIpc) is 2.64. The Morgan fingerprint density at radius 2 is 1.72 bits per heavy atom. The van der Waals surface area contributed by atoms with Crippen molar-refractivity contribution in [3.8, 4) is 11.3 Å². The third-order valence-corrected chi connectivity index (χ3v) is 3.74. The van der Waals surface area contributed by atoms with E-state index >= 15 is 0 Å². The van der Waals surface area contributed by atoms with Crippen LogP contribution in [0, 0.1) is 6.92 Å². The van der Waals surface area contributed by atoms with E-state index in [2.05, 4.69) is 39.7 Å². The summed E-state index contributed by atoms with van der Waals surface area (Å²) in [5.41, 5.74) is 4.06. The molecule has 0 aliphatic rings. The van der Waals surface area contributed by atoms with Gasteiger partial charge in [-0.3, -0.25) is 0 Å². The second-order valence-corrected chi connectivity index (χ2v) is 5.82. The van der Waals surface area contributed by atoms with Gasteiger partial charge < -0.3 is 15.7 Å². The fourth-order valence-corrected chi connectivity index (χ4v) is 2.41. The van der Waals surface area contributed by atoms with E-state index in [1.807, 2.05) is 48.5 Å². The Balaban J connectivity index is 1.89. The first kappa shape index (κ1) is 16.9. The smallest absolute Gasteiger partial charge is 0.225 e. The Hall–Kier alpha value is -2.92. The van der Waals surface area contributed by atoms with Crippen molar-refractivity contribution in [1.29, 1.82) is 0 Å². The first-order chi connectivity index (χ1) is 12.2. The zero-order valence-corrected chi connectivity index (χ0v) is 14.2. The van der Waals surface area contributed by atoms with E-state index in [9.17, 15) is 0 Å². The Morgan fingerprint density at radius 3 is 2.44 bits per heavy atom. The number of aryl methyl sites for hydroxylation is 1. The molecule has 0 amide bonds. The van der Waals surface area contributed by atoms with Gasteiger partial charge in [0.15, 0.2) is 0 Å². The maximum atomic E-state index is 8.96. The quantitative estimate of drug-likeness (QED) is 0.570. The van der Waals surface area contributed by atoms with Gasteiger partial charge in [-0.15, -0.1) is 0 Å². The second kappa shape index (κ2) is 8.26. The van der Waals surface area contributed by atoms with Gasteiger partial charge in [0.25, 0.3) is 0 Å². The Bertz CT molecular complexity index is 804. The molecule has 2 aromatic carbocycles. The molecule has 3 rings (SSSR count). The molecule has 1 heterocycles. The van der Waals surface area contributed by atoms with E-state index in [1.54, 1.807) is 0 Å². The molecule has 0 bridgehead atoms. The molecule has 3 aromatic rings. The van der Waals surface area contributed by atoms with Crippen LogP contribution in [0.1, 0.15) is 12.0 Å². The van der Waals surface area contributed by atoms with Crippen molar-refractivity contribution in [2.75, 3.05) is 23.8 Å². The van der Waals surface area contributed by atoms with Gasteiger partial charge in [0, 0.05) is 30.5 Å². The molecule has 25 heavy (non-hydrogen) atoms. The van der Waals surface area contributed by atoms with Crippen LogP contribution in [-0.2, 0) is 0 Å². The molecular formula is C20H22N4O. The summed E-state index contributed by atoms with van der Waals surface area (Å²) in [6, 6.07) is 20.1. The number of nitrogens with one attached hydrogen (secondary N) is 2. The van der Waals surface area contributed by atoms with Gasteiger partial charge in [-0.25, -0.2) is 4.98 Å². The van der Waals surface area contributed by atoms with Crippen molar-refractivity contribution in [1.82, 2.24) is 9.97 Å². The van der Waals surface area contributed by atoms with Crippen LogP contribution in [0.4, 0.5) is 17.5 Å². The lowest BCUT2D eigenvalue weighted by Crippen LogP contribution is -2.08. The topological polar surface area (TPSA) is 70.1 Å². The summed E-state index contributed by atoms with van der Waals surface area (Å²) >= 11 is 0. The normalized spacial score (nSPS) is 10.5. The third-order valence-electron chi connectivity index (χ3n) is 3.74. The van der Waals surface area contributed by atoms with Gasteiger partial charge >= 0.3 is 0 Å². The largest absolute Gasteiger partial charge is 0.396 e. The summed E-state index contributed by atoms with van der Waals surface area (Å²) in [6.45, 7) is 2.82. The van der Waals surface area contributed by atoms with Crippen LogP contribution < -0.4 is 10.6 Å². The lowest BCUT2D eigenvalue weighted by molar-refractivity contribution is 0.292. The van der Waals surface area contributed by atoms with Gasteiger partial charge in [-0.05, 0) is 25.5 Å². The van der Waals surface area contributed by atoms with Crippen molar-refractivity contribution < 1.29 is 5.11 Å². The van der Waals surface area contributed by atoms with Crippen LogP contribution in [-0.4, -0.2) is 28.2 Å². The minimum absolute atomic E-state index is 0.139. The fourth-order valence-electron chi connectivity index (χ4n) is 2.41. The third kappa shape index (κ3) is 4.78. The zero-order valence-electron chi connectivity index (χ0n) is 14.2. The minimum atomic E-state index is 0.139. The van der Waals surface area contributed by atoms with Crippen molar-refractivity contribution in [2.45, 2.75) is 13.3 Å². The van der Waals surface area contributed by atoms with Crippen LogP contribution in [0.15, 0.2) is 60.7 Å². The zero-order chi connectivity index (χ0) is 17.5. The molecule has 5 nitrogen and oxygen atoms in total. The Labute approximate surface area is 147 Å². The highest BCUT2D eigenvalue weighted by Gasteiger charge is 2.07. The first-order valence-electron chi connectivity index (χ1n) is 8.37.